The predicted octanol–water partition coefficient (Wildman–Crippen LogP) is 5.92. The van der Waals surface area contributed by atoms with Crippen LogP contribution in [-0.2, 0) is 0 Å². The van der Waals surface area contributed by atoms with E-state index in [-0.39, 0.29) is 57.1 Å². The van der Waals surface area contributed by atoms with E-state index in [9.17, 15) is 0 Å². The van der Waals surface area contributed by atoms with Crippen LogP contribution in [0.15, 0.2) is 65.0 Å². The smallest absolute Gasteiger partial charge is 0.0641 e. The van der Waals surface area contributed by atoms with Gasteiger partial charge in [-0.2, -0.15) is 0 Å². The summed E-state index contributed by atoms with van der Waals surface area (Å²) >= 11 is 9.08. The lowest BCUT2D eigenvalue weighted by molar-refractivity contribution is 1.63. The van der Waals surface area contributed by atoms with E-state index >= 15 is 0 Å². The Balaban J connectivity index is 2.56. The predicted molar refractivity (Wildman–Crippen MR) is 82.1 cm³/mol. The monoisotopic (exact) mass is 322 g/mol. The molecule has 0 unspecified atom stereocenters. The standard InChI is InChI=1S/C16H10BrCl/c17-15-7-6-13-8-12(4-5-14(13)9-15)11-2-1-3-16(18)10-11/h1-10H/i4D,5D,6D,7D,8D,9D. The summed E-state index contributed by atoms with van der Waals surface area (Å²) in [6, 6.07) is 5.41. The third-order valence-corrected chi connectivity index (χ3v) is 3.09. The lowest BCUT2D eigenvalue weighted by Crippen LogP contribution is -1.79. The fraction of sp³-hybridized carbons (Fsp3) is 0. The van der Waals surface area contributed by atoms with E-state index in [0.29, 0.717) is 10.6 Å². The molecule has 3 rings (SSSR count). The lowest BCUT2D eigenvalue weighted by atomic mass is 10.0. The van der Waals surface area contributed by atoms with Crippen molar-refractivity contribution < 1.29 is 8.22 Å². The van der Waals surface area contributed by atoms with Gasteiger partial charge < -0.3 is 0 Å². The SMILES string of the molecule is [2H]c1c(-c2cccc(Cl)c2)c([2H])c2c([2H])c([2H])c(Br)c([2H])c2c1[2H]. The maximum absolute atomic E-state index is 8.44. The van der Waals surface area contributed by atoms with Gasteiger partial charge >= 0.3 is 0 Å². The molecule has 0 aliphatic carbocycles. The molecule has 3 aromatic carbocycles. The van der Waals surface area contributed by atoms with Crippen LogP contribution < -0.4 is 0 Å². The van der Waals surface area contributed by atoms with E-state index in [2.05, 4.69) is 15.9 Å². The van der Waals surface area contributed by atoms with Crippen LogP contribution in [0.5, 0.6) is 0 Å². The van der Waals surface area contributed by atoms with Crippen molar-refractivity contribution in [2.75, 3.05) is 0 Å². The van der Waals surface area contributed by atoms with Crippen molar-refractivity contribution in [3.63, 3.8) is 0 Å². The van der Waals surface area contributed by atoms with Crippen LogP contribution in [0.25, 0.3) is 21.9 Å². The molecule has 0 nitrogen and oxygen atoms in total. The number of fused-ring (bicyclic) bond motifs is 1. The molecule has 18 heavy (non-hydrogen) atoms. The number of rotatable bonds is 1. The molecule has 0 N–H and O–H groups in total. The van der Waals surface area contributed by atoms with E-state index in [1.54, 1.807) is 24.3 Å². The highest BCUT2D eigenvalue weighted by Crippen LogP contribution is 2.27. The van der Waals surface area contributed by atoms with Crippen LogP contribution in [0.3, 0.4) is 0 Å². The minimum atomic E-state index is -0.241. The molecule has 0 atom stereocenters. The Morgan fingerprint density at radius 2 is 1.72 bits per heavy atom. The van der Waals surface area contributed by atoms with Crippen LogP contribution in [0.4, 0.5) is 0 Å². The van der Waals surface area contributed by atoms with Gasteiger partial charge in [0, 0.05) is 9.50 Å². The molecule has 88 valence electrons. The first-order valence-electron chi connectivity index (χ1n) is 8.20. The fourth-order valence-corrected chi connectivity index (χ4v) is 2.13. The molecule has 0 bridgehead atoms. The van der Waals surface area contributed by atoms with Crippen LogP contribution in [0, 0.1) is 0 Å². The van der Waals surface area contributed by atoms with Gasteiger partial charge in [0.1, 0.15) is 0 Å². The summed E-state index contributed by atoms with van der Waals surface area (Å²) in [6.07, 6.45) is 0. The minimum absolute atomic E-state index is 0.0312. The summed E-state index contributed by atoms with van der Waals surface area (Å²) in [5.74, 6) is 0. The second kappa shape index (κ2) is 4.75. The second-order valence-corrected chi connectivity index (χ2v) is 4.93. The fourth-order valence-electron chi connectivity index (χ4n) is 1.64. The summed E-state index contributed by atoms with van der Waals surface area (Å²) in [5.41, 5.74) is 0.665. The van der Waals surface area contributed by atoms with E-state index < -0.39 is 0 Å². The maximum atomic E-state index is 8.44. The summed E-state index contributed by atoms with van der Waals surface area (Å²) in [7, 11) is 0. The first-order chi connectivity index (χ1) is 11.3. The van der Waals surface area contributed by atoms with Gasteiger partial charge in [0.15, 0.2) is 0 Å². The molecule has 0 fully saturated rings. The van der Waals surface area contributed by atoms with Crippen molar-refractivity contribution in [3.8, 4) is 11.1 Å². The highest BCUT2D eigenvalue weighted by atomic mass is 79.9. The van der Waals surface area contributed by atoms with Gasteiger partial charge in [-0.3, -0.25) is 0 Å². The zero-order valence-electron chi connectivity index (χ0n) is 15.1. The van der Waals surface area contributed by atoms with Gasteiger partial charge in [0.05, 0.1) is 8.22 Å². The Bertz CT molecular complexity index is 1000. The van der Waals surface area contributed by atoms with Crippen molar-refractivity contribution >= 4 is 38.3 Å². The third-order valence-electron chi connectivity index (χ3n) is 2.46. The molecular weight excluding hydrogens is 308 g/mol. The maximum Gasteiger partial charge on any atom is 0.0641 e. The van der Waals surface area contributed by atoms with Crippen molar-refractivity contribution in [2.24, 2.45) is 0 Å². The molecule has 0 saturated heterocycles. The zero-order valence-corrected chi connectivity index (χ0v) is 11.4. The van der Waals surface area contributed by atoms with E-state index in [0.717, 1.165) is 0 Å². The first kappa shape index (κ1) is 6.74. The average Bonchev–Trinajstić information content (AvgIpc) is 2.54. The van der Waals surface area contributed by atoms with Gasteiger partial charge in [-0.1, -0.05) is 57.8 Å². The quantitative estimate of drug-likeness (QED) is 0.521. The molecule has 0 radical (unpaired) electrons. The van der Waals surface area contributed by atoms with Crippen LogP contribution in [-0.4, -0.2) is 0 Å². The highest BCUT2D eigenvalue weighted by Gasteiger charge is 2.01. The van der Waals surface area contributed by atoms with Crippen LogP contribution in [0.2, 0.25) is 5.02 Å². The topological polar surface area (TPSA) is 0 Å². The van der Waals surface area contributed by atoms with Crippen molar-refractivity contribution in [2.45, 2.75) is 0 Å². The molecule has 0 aromatic heterocycles. The normalized spacial score (nSPS) is 15.4. The van der Waals surface area contributed by atoms with Crippen LogP contribution in [0.1, 0.15) is 8.22 Å². The molecule has 2 heteroatoms. The summed E-state index contributed by atoms with van der Waals surface area (Å²) < 4.78 is 49.2. The van der Waals surface area contributed by atoms with Crippen molar-refractivity contribution in [1.82, 2.24) is 0 Å². The van der Waals surface area contributed by atoms with E-state index in [4.69, 9.17) is 19.8 Å². The molecular formula is C16H10BrCl. The number of hydrogen-bond donors (Lipinski definition) is 0. The Hall–Kier alpha value is -1.31. The van der Waals surface area contributed by atoms with Gasteiger partial charge in [-0.25, -0.2) is 0 Å². The number of benzene rings is 3. The summed E-state index contributed by atoms with van der Waals surface area (Å²) in [5, 5.41) is 0.495. The van der Waals surface area contributed by atoms with Gasteiger partial charge in [-0.05, 0) is 52.2 Å². The molecule has 0 saturated carbocycles. The molecule has 0 aliphatic heterocycles. The first-order valence-corrected chi connectivity index (χ1v) is 6.37. The van der Waals surface area contributed by atoms with E-state index in [1.165, 1.54) is 0 Å². The Morgan fingerprint density at radius 3 is 2.56 bits per heavy atom. The molecule has 0 amide bonds. The minimum Gasteiger partial charge on any atom is -0.0843 e. The third kappa shape index (κ3) is 2.29. The summed E-state index contributed by atoms with van der Waals surface area (Å²) in [4.78, 5) is 0. The average molecular weight is 324 g/mol. The second-order valence-electron chi connectivity index (χ2n) is 3.70. The molecule has 0 heterocycles. The zero-order chi connectivity index (χ0) is 17.8. The summed E-state index contributed by atoms with van der Waals surface area (Å²) in [6.45, 7) is 0. The Morgan fingerprint density at radius 1 is 0.944 bits per heavy atom. The van der Waals surface area contributed by atoms with Gasteiger partial charge in [0.2, 0.25) is 0 Å². The van der Waals surface area contributed by atoms with Gasteiger partial charge in [0.25, 0.3) is 0 Å². The van der Waals surface area contributed by atoms with E-state index in [1.807, 2.05) is 0 Å². The van der Waals surface area contributed by atoms with Crippen LogP contribution >= 0.6 is 27.5 Å². The lowest BCUT2D eigenvalue weighted by Gasteiger charge is -2.05. The molecule has 0 spiro atoms. The Kier molecular flexibility index (Phi) is 1.78. The van der Waals surface area contributed by atoms with Gasteiger partial charge in [-0.15, -0.1) is 0 Å². The number of hydrogen-bond acceptors (Lipinski definition) is 0. The van der Waals surface area contributed by atoms with Crippen molar-refractivity contribution in [1.29, 1.82) is 0 Å². The van der Waals surface area contributed by atoms with Crippen molar-refractivity contribution in [3.05, 3.63) is 70.0 Å². The highest BCUT2D eigenvalue weighted by molar-refractivity contribution is 9.10. The Labute approximate surface area is 128 Å². The number of halogens is 2. The molecule has 3 aromatic rings. The molecule has 0 aliphatic rings. The largest absolute Gasteiger partial charge is 0.0843 e.